The molecule has 2 unspecified atom stereocenters. The van der Waals surface area contributed by atoms with Gasteiger partial charge >= 0.3 is 0 Å². The Kier molecular flexibility index (Phi) is 3.41. The number of hydrogen-bond donors (Lipinski definition) is 0. The van der Waals surface area contributed by atoms with Crippen LogP contribution in [-0.2, 0) is 0 Å². The van der Waals surface area contributed by atoms with Gasteiger partial charge in [0.15, 0.2) is 0 Å². The standard InChI is InChI=1S/C11H17/c1-3-6-10-8-5-9-11(10)7-4-2/h3-5,10-11H,1-2,6-9H2. The lowest BCUT2D eigenvalue weighted by Gasteiger charge is -2.15. The summed E-state index contributed by atoms with van der Waals surface area (Å²) in [6, 6.07) is 0. The van der Waals surface area contributed by atoms with Crippen molar-refractivity contribution in [3.05, 3.63) is 31.7 Å². The second kappa shape index (κ2) is 4.38. The van der Waals surface area contributed by atoms with E-state index in [0.717, 1.165) is 11.8 Å². The summed E-state index contributed by atoms with van der Waals surface area (Å²) in [7, 11) is 0. The second-order valence-corrected chi connectivity index (χ2v) is 3.33. The molecule has 61 valence electrons. The summed E-state index contributed by atoms with van der Waals surface area (Å²) in [4.78, 5) is 0. The molecule has 0 aromatic rings. The molecule has 0 aromatic heterocycles. The Hall–Kier alpha value is -0.520. The Balaban J connectivity index is 2.36. The monoisotopic (exact) mass is 149 g/mol. The predicted octanol–water partition coefficient (Wildman–Crippen LogP) is 3.37. The lowest BCUT2D eigenvalue weighted by Crippen LogP contribution is -2.05. The van der Waals surface area contributed by atoms with Gasteiger partial charge in [0.2, 0.25) is 0 Å². The van der Waals surface area contributed by atoms with Crippen LogP contribution in [0.25, 0.3) is 0 Å². The van der Waals surface area contributed by atoms with Crippen LogP contribution in [0, 0.1) is 18.3 Å². The summed E-state index contributed by atoms with van der Waals surface area (Å²) in [6.07, 6.45) is 11.4. The van der Waals surface area contributed by atoms with E-state index >= 15 is 0 Å². The molecular weight excluding hydrogens is 132 g/mol. The Bertz CT molecular complexity index is 119. The Morgan fingerprint density at radius 2 is 1.55 bits per heavy atom. The van der Waals surface area contributed by atoms with E-state index in [1.807, 2.05) is 12.2 Å². The van der Waals surface area contributed by atoms with Gasteiger partial charge in [-0.15, -0.1) is 13.2 Å². The molecule has 0 aromatic carbocycles. The Morgan fingerprint density at radius 3 is 1.91 bits per heavy atom. The molecule has 0 saturated heterocycles. The minimum atomic E-state index is 0.852. The molecule has 1 fully saturated rings. The van der Waals surface area contributed by atoms with Gasteiger partial charge in [0.25, 0.3) is 0 Å². The fourth-order valence-electron chi connectivity index (χ4n) is 1.91. The average molecular weight is 149 g/mol. The molecule has 0 N–H and O–H groups in total. The first-order chi connectivity index (χ1) is 5.38. The zero-order valence-electron chi connectivity index (χ0n) is 7.13. The van der Waals surface area contributed by atoms with Gasteiger partial charge in [0, 0.05) is 0 Å². The number of rotatable bonds is 4. The van der Waals surface area contributed by atoms with Crippen molar-refractivity contribution in [3.63, 3.8) is 0 Å². The Labute approximate surface area is 70.0 Å². The maximum atomic E-state index is 3.78. The van der Waals surface area contributed by atoms with Crippen LogP contribution in [0.15, 0.2) is 25.3 Å². The van der Waals surface area contributed by atoms with Gasteiger partial charge in [0.1, 0.15) is 0 Å². The smallest absolute Gasteiger partial charge is 0.0322 e. The van der Waals surface area contributed by atoms with Crippen LogP contribution < -0.4 is 0 Å². The highest BCUT2D eigenvalue weighted by molar-refractivity contribution is 4.93. The molecule has 1 radical (unpaired) electrons. The van der Waals surface area contributed by atoms with Gasteiger partial charge in [-0.25, -0.2) is 0 Å². The van der Waals surface area contributed by atoms with Crippen molar-refractivity contribution >= 4 is 0 Å². The molecule has 1 aliphatic carbocycles. The lowest BCUT2D eigenvalue weighted by atomic mass is 9.90. The molecule has 0 amide bonds. The molecule has 0 aliphatic heterocycles. The molecule has 0 spiro atoms. The molecule has 0 nitrogen and oxygen atoms in total. The van der Waals surface area contributed by atoms with Crippen LogP contribution in [0.1, 0.15) is 25.7 Å². The second-order valence-electron chi connectivity index (χ2n) is 3.33. The van der Waals surface area contributed by atoms with E-state index in [0.29, 0.717) is 0 Å². The summed E-state index contributed by atoms with van der Waals surface area (Å²) in [5.74, 6) is 1.70. The van der Waals surface area contributed by atoms with Gasteiger partial charge in [-0.1, -0.05) is 12.2 Å². The molecule has 0 heteroatoms. The van der Waals surface area contributed by atoms with E-state index in [2.05, 4.69) is 19.6 Å². The fraction of sp³-hybridized carbons (Fsp3) is 0.545. The van der Waals surface area contributed by atoms with Gasteiger partial charge in [0.05, 0.1) is 0 Å². The number of allylic oxidation sites excluding steroid dienone is 2. The quantitative estimate of drug-likeness (QED) is 0.538. The van der Waals surface area contributed by atoms with E-state index in [9.17, 15) is 0 Å². The minimum Gasteiger partial charge on any atom is -0.103 e. The highest BCUT2D eigenvalue weighted by Crippen LogP contribution is 2.35. The van der Waals surface area contributed by atoms with E-state index in [4.69, 9.17) is 0 Å². The van der Waals surface area contributed by atoms with E-state index < -0.39 is 0 Å². The van der Waals surface area contributed by atoms with Crippen LogP contribution in [0.3, 0.4) is 0 Å². The predicted molar refractivity (Wildman–Crippen MR) is 50.1 cm³/mol. The van der Waals surface area contributed by atoms with Crippen molar-refractivity contribution in [3.8, 4) is 0 Å². The average Bonchev–Trinajstić information content (AvgIpc) is 2.39. The van der Waals surface area contributed by atoms with Gasteiger partial charge < -0.3 is 0 Å². The molecule has 11 heavy (non-hydrogen) atoms. The zero-order valence-corrected chi connectivity index (χ0v) is 7.13. The van der Waals surface area contributed by atoms with Crippen LogP contribution in [-0.4, -0.2) is 0 Å². The lowest BCUT2D eigenvalue weighted by molar-refractivity contribution is 0.395. The molecule has 0 heterocycles. The summed E-state index contributed by atoms with van der Waals surface area (Å²) >= 11 is 0. The largest absolute Gasteiger partial charge is 0.103 e. The van der Waals surface area contributed by atoms with E-state index in [1.54, 1.807) is 0 Å². The first kappa shape index (κ1) is 8.58. The highest BCUT2D eigenvalue weighted by Gasteiger charge is 2.24. The molecular formula is C11H17. The number of hydrogen-bond acceptors (Lipinski definition) is 0. The fourth-order valence-corrected chi connectivity index (χ4v) is 1.91. The van der Waals surface area contributed by atoms with Crippen LogP contribution in [0.4, 0.5) is 0 Å². The van der Waals surface area contributed by atoms with Crippen molar-refractivity contribution in [1.82, 2.24) is 0 Å². The van der Waals surface area contributed by atoms with E-state index in [1.165, 1.54) is 25.7 Å². The van der Waals surface area contributed by atoms with Crippen LogP contribution >= 0.6 is 0 Å². The molecule has 1 rings (SSSR count). The maximum absolute atomic E-state index is 3.78. The zero-order chi connectivity index (χ0) is 8.10. The molecule has 2 atom stereocenters. The first-order valence-electron chi connectivity index (χ1n) is 4.42. The Morgan fingerprint density at radius 1 is 1.09 bits per heavy atom. The third-order valence-corrected chi connectivity index (χ3v) is 2.54. The summed E-state index contributed by atoms with van der Waals surface area (Å²) in [5.41, 5.74) is 0. The van der Waals surface area contributed by atoms with Crippen LogP contribution in [0.5, 0.6) is 0 Å². The van der Waals surface area contributed by atoms with Gasteiger partial charge in [-0.2, -0.15) is 0 Å². The summed E-state index contributed by atoms with van der Waals surface area (Å²) in [5, 5.41) is 0. The molecule has 1 aliphatic rings. The SMILES string of the molecule is C=CCC1C[CH]CC1CC=C. The van der Waals surface area contributed by atoms with Crippen molar-refractivity contribution < 1.29 is 0 Å². The topological polar surface area (TPSA) is 0 Å². The third kappa shape index (κ3) is 2.21. The van der Waals surface area contributed by atoms with Gasteiger partial charge in [-0.3, -0.25) is 0 Å². The normalized spacial score (nSPS) is 30.2. The maximum Gasteiger partial charge on any atom is -0.0322 e. The van der Waals surface area contributed by atoms with E-state index in [-0.39, 0.29) is 0 Å². The van der Waals surface area contributed by atoms with Crippen molar-refractivity contribution in [2.24, 2.45) is 11.8 Å². The van der Waals surface area contributed by atoms with Crippen LogP contribution in [0.2, 0.25) is 0 Å². The molecule has 0 bridgehead atoms. The first-order valence-corrected chi connectivity index (χ1v) is 4.42. The third-order valence-electron chi connectivity index (χ3n) is 2.54. The van der Waals surface area contributed by atoms with Crippen molar-refractivity contribution in [1.29, 1.82) is 0 Å². The van der Waals surface area contributed by atoms with Crippen molar-refractivity contribution in [2.45, 2.75) is 25.7 Å². The minimum absolute atomic E-state index is 0.852. The molecule has 1 saturated carbocycles. The summed E-state index contributed by atoms with van der Waals surface area (Å²) < 4.78 is 0. The highest BCUT2D eigenvalue weighted by atomic mass is 14.3. The summed E-state index contributed by atoms with van der Waals surface area (Å²) in [6.45, 7) is 7.56. The van der Waals surface area contributed by atoms with Crippen molar-refractivity contribution in [2.75, 3.05) is 0 Å². The van der Waals surface area contributed by atoms with Gasteiger partial charge in [-0.05, 0) is 43.9 Å².